The first-order valence-corrected chi connectivity index (χ1v) is 7.50. The zero-order valence-corrected chi connectivity index (χ0v) is 12.1. The fourth-order valence-electron chi connectivity index (χ4n) is 3.05. The lowest BCUT2D eigenvalue weighted by atomic mass is 9.99. The molecule has 1 aliphatic carbocycles. The summed E-state index contributed by atoms with van der Waals surface area (Å²) >= 11 is 0. The lowest BCUT2D eigenvalue weighted by Gasteiger charge is -2.13. The summed E-state index contributed by atoms with van der Waals surface area (Å²) in [6, 6.07) is 10.2. The van der Waals surface area contributed by atoms with Crippen molar-refractivity contribution in [3.05, 3.63) is 59.2 Å². The van der Waals surface area contributed by atoms with Crippen LogP contribution in [0.15, 0.2) is 36.4 Å². The predicted molar refractivity (Wildman–Crippen MR) is 81.1 cm³/mol. The number of hydrogen-bond donors (Lipinski definition) is 1. The van der Waals surface area contributed by atoms with Crippen molar-refractivity contribution >= 4 is 0 Å². The van der Waals surface area contributed by atoms with E-state index in [-0.39, 0.29) is 0 Å². The molecule has 1 aliphatic rings. The maximum atomic E-state index is 13.3. The Balaban J connectivity index is 1.90. The summed E-state index contributed by atoms with van der Waals surface area (Å²) in [4.78, 5) is 0. The Bertz CT molecular complexity index is 631. The molecule has 1 N–H and O–H groups in total. The summed E-state index contributed by atoms with van der Waals surface area (Å²) in [5.41, 5.74) is 4.08. The van der Waals surface area contributed by atoms with Crippen LogP contribution in [0.25, 0.3) is 11.1 Å². The minimum atomic E-state index is -0.534. The van der Waals surface area contributed by atoms with Crippen LogP contribution in [-0.2, 0) is 6.42 Å². The van der Waals surface area contributed by atoms with Gasteiger partial charge in [-0.25, -0.2) is 8.78 Å². The predicted octanol–water partition coefficient (Wildman–Crippen LogP) is 4.62. The lowest BCUT2D eigenvalue weighted by Crippen LogP contribution is -2.19. The Morgan fingerprint density at radius 1 is 1.05 bits per heavy atom. The number of fused-ring (bicyclic) bond motifs is 1. The van der Waals surface area contributed by atoms with Crippen molar-refractivity contribution in [3.63, 3.8) is 0 Å². The minimum absolute atomic E-state index is 0.415. The summed E-state index contributed by atoms with van der Waals surface area (Å²) in [6.07, 6.45) is 3.23. The SMILES string of the molecule is CCCNC1CCc2cc(-c3cc(F)cc(F)c3)ccc21. The Kier molecular flexibility index (Phi) is 4.02. The first-order valence-electron chi connectivity index (χ1n) is 7.50. The Morgan fingerprint density at radius 3 is 2.52 bits per heavy atom. The van der Waals surface area contributed by atoms with Gasteiger partial charge in [0, 0.05) is 12.1 Å². The Morgan fingerprint density at radius 2 is 1.81 bits per heavy atom. The van der Waals surface area contributed by atoms with Crippen LogP contribution in [0.4, 0.5) is 8.78 Å². The van der Waals surface area contributed by atoms with Crippen molar-refractivity contribution in [1.29, 1.82) is 0 Å². The molecule has 3 heteroatoms. The van der Waals surface area contributed by atoms with Crippen molar-refractivity contribution in [1.82, 2.24) is 5.32 Å². The van der Waals surface area contributed by atoms with Gasteiger partial charge in [-0.2, -0.15) is 0 Å². The van der Waals surface area contributed by atoms with Gasteiger partial charge in [-0.3, -0.25) is 0 Å². The van der Waals surface area contributed by atoms with E-state index >= 15 is 0 Å². The normalized spacial score (nSPS) is 17.0. The van der Waals surface area contributed by atoms with E-state index in [4.69, 9.17) is 0 Å². The van der Waals surface area contributed by atoms with E-state index in [1.807, 2.05) is 6.07 Å². The molecule has 21 heavy (non-hydrogen) atoms. The third kappa shape index (κ3) is 2.98. The van der Waals surface area contributed by atoms with Gasteiger partial charge in [0.15, 0.2) is 0 Å². The largest absolute Gasteiger partial charge is 0.310 e. The number of hydrogen-bond acceptors (Lipinski definition) is 1. The number of rotatable bonds is 4. The first kappa shape index (κ1) is 14.2. The summed E-state index contributed by atoms with van der Waals surface area (Å²) in [6.45, 7) is 3.17. The fourth-order valence-corrected chi connectivity index (χ4v) is 3.05. The van der Waals surface area contributed by atoms with Crippen molar-refractivity contribution in [2.75, 3.05) is 6.54 Å². The third-order valence-electron chi connectivity index (χ3n) is 4.06. The van der Waals surface area contributed by atoms with E-state index in [0.29, 0.717) is 11.6 Å². The minimum Gasteiger partial charge on any atom is -0.310 e. The molecule has 0 spiro atoms. The van der Waals surface area contributed by atoms with E-state index in [0.717, 1.165) is 37.4 Å². The van der Waals surface area contributed by atoms with Crippen LogP contribution < -0.4 is 5.32 Å². The number of aryl methyl sites for hydroxylation is 1. The van der Waals surface area contributed by atoms with E-state index in [9.17, 15) is 8.78 Å². The average Bonchev–Trinajstić information content (AvgIpc) is 2.86. The first-order chi connectivity index (χ1) is 10.2. The van der Waals surface area contributed by atoms with E-state index in [1.54, 1.807) is 0 Å². The van der Waals surface area contributed by atoms with E-state index < -0.39 is 11.6 Å². The topological polar surface area (TPSA) is 12.0 Å². The maximum absolute atomic E-state index is 13.3. The molecule has 1 nitrogen and oxygen atoms in total. The molecule has 0 saturated carbocycles. The van der Waals surface area contributed by atoms with Crippen molar-refractivity contribution in [2.24, 2.45) is 0 Å². The summed E-state index contributed by atoms with van der Waals surface area (Å²) in [7, 11) is 0. The molecule has 0 aliphatic heterocycles. The molecule has 0 saturated heterocycles. The van der Waals surface area contributed by atoms with Crippen molar-refractivity contribution < 1.29 is 8.78 Å². The van der Waals surface area contributed by atoms with Gasteiger partial charge in [-0.15, -0.1) is 0 Å². The second-order valence-electron chi connectivity index (χ2n) is 5.62. The van der Waals surface area contributed by atoms with Crippen LogP contribution in [-0.4, -0.2) is 6.54 Å². The van der Waals surface area contributed by atoms with Gasteiger partial charge in [0.05, 0.1) is 0 Å². The number of halogens is 2. The number of nitrogens with one attached hydrogen (secondary N) is 1. The van der Waals surface area contributed by atoms with Gasteiger partial charge in [0.2, 0.25) is 0 Å². The zero-order chi connectivity index (χ0) is 14.8. The highest BCUT2D eigenvalue weighted by Crippen LogP contribution is 2.34. The fraction of sp³-hybridized carbons (Fsp3) is 0.333. The van der Waals surface area contributed by atoms with Crippen LogP contribution in [0.5, 0.6) is 0 Å². The van der Waals surface area contributed by atoms with Gasteiger partial charge in [0.25, 0.3) is 0 Å². The monoisotopic (exact) mass is 287 g/mol. The van der Waals surface area contributed by atoms with Crippen LogP contribution in [0.3, 0.4) is 0 Å². The quantitative estimate of drug-likeness (QED) is 0.865. The molecule has 1 atom stereocenters. The van der Waals surface area contributed by atoms with Crippen molar-refractivity contribution in [2.45, 2.75) is 32.2 Å². The molecule has 2 aromatic carbocycles. The van der Waals surface area contributed by atoms with Crippen LogP contribution in [0.2, 0.25) is 0 Å². The van der Waals surface area contributed by atoms with E-state index in [1.165, 1.54) is 23.3 Å². The van der Waals surface area contributed by atoms with Gasteiger partial charge >= 0.3 is 0 Å². The Hall–Kier alpha value is -1.74. The van der Waals surface area contributed by atoms with Crippen LogP contribution in [0.1, 0.15) is 36.9 Å². The lowest BCUT2D eigenvalue weighted by molar-refractivity contribution is 0.529. The molecule has 0 heterocycles. The second kappa shape index (κ2) is 5.94. The van der Waals surface area contributed by atoms with E-state index in [2.05, 4.69) is 24.4 Å². The highest BCUT2D eigenvalue weighted by molar-refractivity contribution is 5.65. The van der Waals surface area contributed by atoms with Gasteiger partial charge in [-0.1, -0.05) is 25.1 Å². The molecule has 0 amide bonds. The molecular weight excluding hydrogens is 268 g/mol. The van der Waals surface area contributed by atoms with Crippen LogP contribution >= 0.6 is 0 Å². The number of benzene rings is 2. The molecule has 1 unspecified atom stereocenters. The smallest absolute Gasteiger partial charge is 0.126 e. The average molecular weight is 287 g/mol. The standard InChI is InChI=1S/C18H19F2N/c1-2-7-21-18-6-4-13-8-12(3-5-17(13)18)14-9-15(19)11-16(20)10-14/h3,5,8-11,18,21H,2,4,6-7H2,1H3. The molecule has 0 bridgehead atoms. The molecule has 0 aromatic heterocycles. The molecule has 0 fully saturated rings. The molecule has 3 rings (SSSR count). The summed E-state index contributed by atoms with van der Waals surface area (Å²) in [5.74, 6) is -1.07. The van der Waals surface area contributed by atoms with Crippen LogP contribution in [0, 0.1) is 11.6 Å². The maximum Gasteiger partial charge on any atom is 0.126 e. The molecule has 110 valence electrons. The zero-order valence-electron chi connectivity index (χ0n) is 12.1. The second-order valence-corrected chi connectivity index (χ2v) is 5.62. The van der Waals surface area contributed by atoms with Crippen molar-refractivity contribution in [3.8, 4) is 11.1 Å². The van der Waals surface area contributed by atoms with Gasteiger partial charge in [-0.05, 0) is 60.2 Å². The van der Waals surface area contributed by atoms with Gasteiger partial charge < -0.3 is 5.32 Å². The molecule has 0 radical (unpaired) electrons. The molecule has 2 aromatic rings. The highest BCUT2D eigenvalue weighted by atomic mass is 19.1. The highest BCUT2D eigenvalue weighted by Gasteiger charge is 2.22. The summed E-state index contributed by atoms with van der Waals surface area (Å²) < 4.78 is 26.7. The molecular formula is C18H19F2N. The Labute approximate surface area is 124 Å². The third-order valence-corrected chi connectivity index (χ3v) is 4.06. The summed E-state index contributed by atoms with van der Waals surface area (Å²) in [5, 5.41) is 3.54. The van der Waals surface area contributed by atoms with Gasteiger partial charge in [0.1, 0.15) is 11.6 Å².